The molecule has 1 aliphatic heterocycles. The molecule has 4 rings (SSSR count). The number of imidazole rings is 1. The van der Waals surface area contributed by atoms with Gasteiger partial charge in [0.15, 0.2) is 0 Å². The number of likely N-dealkylation sites (N-methyl/N-ethyl adjacent to an activating group) is 1. The van der Waals surface area contributed by atoms with Crippen molar-refractivity contribution in [3.63, 3.8) is 0 Å². The van der Waals surface area contributed by atoms with Crippen molar-refractivity contribution in [2.75, 3.05) is 19.7 Å². The highest BCUT2D eigenvalue weighted by Crippen LogP contribution is 2.30. The van der Waals surface area contributed by atoms with Gasteiger partial charge in [0.05, 0.1) is 22.7 Å². The summed E-state index contributed by atoms with van der Waals surface area (Å²) in [5.74, 6) is 2.15. The molecule has 0 saturated carbocycles. The fourth-order valence-electron chi connectivity index (χ4n) is 4.01. The summed E-state index contributed by atoms with van der Waals surface area (Å²) >= 11 is 6.14. The number of amides is 1. The molecule has 29 heavy (non-hydrogen) atoms. The summed E-state index contributed by atoms with van der Waals surface area (Å²) in [5, 5.41) is 0.641. The fourth-order valence-corrected chi connectivity index (χ4v) is 4.20. The largest absolute Gasteiger partial charge is 0.492 e. The van der Waals surface area contributed by atoms with Gasteiger partial charge in [-0.1, -0.05) is 35.9 Å². The predicted molar refractivity (Wildman–Crippen MR) is 116 cm³/mol. The summed E-state index contributed by atoms with van der Waals surface area (Å²) in [7, 11) is 0. The first-order chi connectivity index (χ1) is 14.2. The molecule has 1 amide bonds. The third-order valence-electron chi connectivity index (χ3n) is 5.52. The quantitative estimate of drug-likeness (QED) is 0.496. The average Bonchev–Trinajstić information content (AvgIpc) is 3.29. The molecule has 152 valence electrons. The Kier molecular flexibility index (Phi) is 6.05. The predicted octanol–water partition coefficient (Wildman–Crippen LogP) is 4.88. The second kappa shape index (κ2) is 8.87. The van der Waals surface area contributed by atoms with Crippen molar-refractivity contribution >= 4 is 28.5 Å². The number of rotatable bonds is 8. The van der Waals surface area contributed by atoms with Crippen molar-refractivity contribution in [2.45, 2.75) is 38.6 Å². The minimum atomic E-state index is 0.161. The average molecular weight is 412 g/mol. The molecular weight excluding hydrogens is 386 g/mol. The zero-order valence-electron chi connectivity index (χ0n) is 16.7. The maximum absolute atomic E-state index is 12.2. The molecule has 0 aliphatic carbocycles. The van der Waals surface area contributed by atoms with Crippen LogP contribution in [-0.4, -0.2) is 40.1 Å². The van der Waals surface area contributed by atoms with E-state index in [1.807, 2.05) is 54.3 Å². The number of aromatic nitrogens is 2. The summed E-state index contributed by atoms with van der Waals surface area (Å²) in [6.45, 7) is 5.03. The van der Waals surface area contributed by atoms with Crippen molar-refractivity contribution < 1.29 is 9.53 Å². The van der Waals surface area contributed by atoms with Gasteiger partial charge in [-0.2, -0.15) is 0 Å². The van der Waals surface area contributed by atoms with Crippen LogP contribution in [0.25, 0.3) is 11.0 Å². The van der Waals surface area contributed by atoms with Crippen molar-refractivity contribution in [1.82, 2.24) is 14.5 Å². The van der Waals surface area contributed by atoms with Crippen LogP contribution in [0.3, 0.4) is 0 Å². The van der Waals surface area contributed by atoms with Gasteiger partial charge in [0.1, 0.15) is 11.6 Å². The Hall–Kier alpha value is -2.53. The third kappa shape index (κ3) is 4.25. The molecule has 2 heterocycles. The van der Waals surface area contributed by atoms with Gasteiger partial charge >= 0.3 is 0 Å². The number of halogens is 1. The van der Waals surface area contributed by atoms with Gasteiger partial charge < -0.3 is 14.2 Å². The van der Waals surface area contributed by atoms with E-state index in [2.05, 4.69) is 10.6 Å². The molecule has 3 aromatic rings. The van der Waals surface area contributed by atoms with E-state index in [-0.39, 0.29) is 11.8 Å². The SMILES string of the molecule is CCN1CC(c2nc3ccccc3n2CCCCOc2ccccc2Cl)CC1=O. The van der Waals surface area contributed by atoms with Crippen LogP contribution in [0, 0.1) is 0 Å². The first-order valence-corrected chi connectivity index (χ1v) is 10.7. The van der Waals surface area contributed by atoms with Crippen molar-refractivity contribution in [3.8, 4) is 5.75 Å². The number of hydrogen-bond donors (Lipinski definition) is 0. The lowest BCUT2D eigenvalue weighted by atomic mass is 10.1. The first-order valence-electron chi connectivity index (χ1n) is 10.3. The number of benzene rings is 2. The number of carbonyl (C=O) groups excluding carboxylic acids is 1. The van der Waals surface area contributed by atoms with Crippen LogP contribution in [0.1, 0.15) is 37.9 Å². The molecule has 6 heteroatoms. The van der Waals surface area contributed by atoms with E-state index in [1.54, 1.807) is 0 Å². The van der Waals surface area contributed by atoms with Gasteiger partial charge in [0.25, 0.3) is 0 Å². The minimum absolute atomic E-state index is 0.161. The fraction of sp³-hybridized carbons (Fsp3) is 0.391. The van der Waals surface area contributed by atoms with Gasteiger partial charge in [-0.15, -0.1) is 0 Å². The van der Waals surface area contributed by atoms with Crippen LogP contribution in [0.2, 0.25) is 5.02 Å². The number of likely N-dealkylation sites (tertiary alicyclic amines) is 1. The molecule has 1 atom stereocenters. The van der Waals surface area contributed by atoms with Gasteiger partial charge in [-0.05, 0) is 44.0 Å². The standard InChI is InChI=1S/C23H26ClN3O2/c1-2-26-16-17(15-22(26)28)23-25-19-10-4-5-11-20(19)27(23)13-7-8-14-29-21-12-6-3-9-18(21)24/h3-6,9-12,17H,2,7-8,13-16H2,1H3. The topological polar surface area (TPSA) is 47.4 Å². The van der Waals surface area contributed by atoms with Crippen LogP contribution in [0.15, 0.2) is 48.5 Å². The van der Waals surface area contributed by atoms with Gasteiger partial charge in [0.2, 0.25) is 5.91 Å². The Balaban J connectivity index is 1.44. The number of aryl methyl sites for hydroxylation is 1. The molecule has 0 bridgehead atoms. The Morgan fingerprint density at radius 1 is 1.14 bits per heavy atom. The van der Waals surface area contributed by atoms with E-state index in [4.69, 9.17) is 21.3 Å². The molecule has 2 aromatic carbocycles. The van der Waals surface area contributed by atoms with Crippen molar-refractivity contribution in [2.24, 2.45) is 0 Å². The van der Waals surface area contributed by atoms with Gasteiger partial charge in [0, 0.05) is 32.0 Å². The lowest BCUT2D eigenvalue weighted by Crippen LogP contribution is -2.24. The molecule has 1 unspecified atom stereocenters. The molecule has 1 saturated heterocycles. The number of hydrogen-bond acceptors (Lipinski definition) is 3. The summed E-state index contributed by atoms with van der Waals surface area (Å²) in [5.41, 5.74) is 2.13. The molecule has 1 fully saturated rings. The van der Waals surface area contributed by atoms with Crippen LogP contribution >= 0.6 is 11.6 Å². The van der Waals surface area contributed by atoms with E-state index < -0.39 is 0 Å². The molecule has 0 spiro atoms. The lowest BCUT2D eigenvalue weighted by molar-refractivity contribution is -0.127. The van der Waals surface area contributed by atoms with Crippen LogP contribution in [-0.2, 0) is 11.3 Å². The normalized spacial score (nSPS) is 16.7. The maximum atomic E-state index is 12.2. The third-order valence-corrected chi connectivity index (χ3v) is 5.83. The van der Waals surface area contributed by atoms with Crippen molar-refractivity contribution in [3.05, 3.63) is 59.4 Å². The van der Waals surface area contributed by atoms with E-state index in [1.165, 1.54) is 0 Å². The highest BCUT2D eigenvalue weighted by Gasteiger charge is 2.32. The van der Waals surface area contributed by atoms with Crippen LogP contribution in [0.4, 0.5) is 0 Å². The van der Waals surface area contributed by atoms with Crippen LogP contribution in [0.5, 0.6) is 5.75 Å². The molecule has 1 aliphatic rings. The second-order valence-electron chi connectivity index (χ2n) is 7.43. The van der Waals surface area contributed by atoms with Crippen LogP contribution < -0.4 is 4.74 Å². The Bertz CT molecular complexity index is 1000. The minimum Gasteiger partial charge on any atom is -0.492 e. The number of unbranched alkanes of at least 4 members (excludes halogenated alkanes) is 1. The summed E-state index contributed by atoms with van der Waals surface area (Å²) in [6.07, 6.45) is 2.44. The highest BCUT2D eigenvalue weighted by atomic mass is 35.5. The Morgan fingerprint density at radius 3 is 2.72 bits per heavy atom. The highest BCUT2D eigenvalue weighted by molar-refractivity contribution is 6.32. The Labute approximate surface area is 176 Å². The monoisotopic (exact) mass is 411 g/mol. The van der Waals surface area contributed by atoms with Gasteiger partial charge in [-0.25, -0.2) is 4.98 Å². The van der Waals surface area contributed by atoms with Crippen molar-refractivity contribution in [1.29, 1.82) is 0 Å². The molecule has 0 N–H and O–H groups in total. The zero-order chi connectivity index (χ0) is 20.2. The smallest absolute Gasteiger partial charge is 0.223 e. The number of carbonyl (C=O) groups is 1. The first kappa shape index (κ1) is 19.8. The molecule has 5 nitrogen and oxygen atoms in total. The van der Waals surface area contributed by atoms with E-state index >= 15 is 0 Å². The number of ether oxygens (including phenoxy) is 1. The Morgan fingerprint density at radius 2 is 1.93 bits per heavy atom. The van der Waals surface area contributed by atoms with E-state index in [0.717, 1.165) is 55.1 Å². The maximum Gasteiger partial charge on any atom is 0.223 e. The number of fused-ring (bicyclic) bond motifs is 1. The molecule has 0 radical (unpaired) electrons. The lowest BCUT2D eigenvalue weighted by Gasteiger charge is -2.15. The second-order valence-corrected chi connectivity index (χ2v) is 7.84. The molecular formula is C23H26ClN3O2. The summed E-state index contributed by atoms with van der Waals surface area (Å²) in [4.78, 5) is 19.1. The summed E-state index contributed by atoms with van der Waals surface area (Å²) in [6, 6.07) is 15.8. The van der Waals surface area contributed by atoms with E-state index in [9.17, 15) is 4.79 Å². The zero-order valence-corrected chi connectivity index (χ0v) is 17.4. The van der Waals surface area contributed by atoms with E-state index in [0.29, 0.717) is 18.1 Å². The number of para-hydroxylation sites is 3. The molecule has 1 aromatic heterocycles. The number of nitrogens with zero attached hydrogens (tertiary/aromatic N) is 3. The summed E-state index contributed by atoms with van der Waals surface area (Å²) < 4.78 is 8.10. The van der Waals surface area contributed by atoms with Gasteiger partial charge in [-0.3, -0.25) is 4.79 Å².